The van der Waals surface area contributed by atoms with Crippen LogP contribution in [0.25, 0.3) is 0 Å². The number of hydrogen-bond donors (Lipinski definition) is 1. The molecule has 0 spiro atoms. The number of nitrogens with two attached hydrogens (primary N) is 1. The molecule has 0 aliphatic carbocycles. The summed E-state index contributed by atoms with van der Waals surface area (Å²) < 4.78 is 5.02. The van der Waals surface area contributed by atoms with Crippen molar-refractivity contribution in [2.45, 2.75) is 31.8 Å². The quantitative estimate of drug-likeness (QED) is 0.675. The summed E-state index contributed by atoms with van der Waals surface area (Å²) >= 11 is 1.75. The van der Waals surface area contributed by atoms with E-state index in [4.69, 9.17) is 9.53 Å². The first kappa shape index (κ1) is 19.5. The number of rotatable bonds is 4. The van der Waals surface area contributed by atoms with Gasteiger partial charge in [-0.3, -0.25) is 0 Å². The van der Waals surface area contributed by atoms with Gasteiger partial charge in [-0.1, -0.05) is 32.4 Å². The molecule has 0 atom stereocenters. The minimum atomic E-state index is 0.139. The van der Waals surface area contributed by atoms with Crippen molar-refractivity contribution in [2.24, 2.45) is 5.73 Å². The summed E-state index contributed by atoms with van der Waals surface area (Å²) in [4.78, 5) is 10.3. The van der Waals surface area contributed by atoms with Crippen molar-refractivity contribution in [2.75, 3.05) is 19.9 Å². The average Bonchev–Trinajstić information content (AvgIpc) is 2.40. The van der Waals surface area contributed by atoms with Crippen molar-refractivity contribution in [1.82, 2.24) is 0 Å². The van der Waals surface area contributed by atoms with Crippen LogP contribution < -0.4 is 5.73 Å². The van der Waals surface area contributed by atoms with Crippen LogP contribution in [0.5, 0.6) is 0 Å². The Morgan fingerprint density at radius 1 is 1.39 bits per heavy atom. The van der Waals surface area contributed by atoms with Gasteiger partial charge in [-0.15, -0.1) is 11.8 Å². The first-order valence-electron chi connectivity index (χ1n) is 5.95. The number of methoxy groups -OCH3 is 1. The van der Waals surface area contributed by atoms with E-state index < -0.39 is 0 Å². The molecular formula is C14H25NO2S. The number of carbonyl (C=O) groups is 1. The molecule has 1 aromatic rings. The fourth-order valence-electron chi connectivity index (χ4n) is 0.929. The van der Waals surface area contributed by atoms with Gasteiger partial charge in [0, 0.05) is 18.6 Å². The Morgan fingerprint density at radius 2 is 1.94 bits per heavy atom. The Labute approximate surface area is 115 Å². The molecule has 0 amide bonds. The van der Waals surface area contributed by atoms with Gasteiger partial charge < -0.3 is 15.3 Å². The molecule has 1 aromatic carbocycles. The molecule has 0 radical (unpaired) electrons. The standard InChI is InChI=1S/C9H12OS.C3H8.C2H5NO/c1-10-7-8-4-3-5-9(6-8)11-2;1-3-2;3-1-2-4/h3-6H,7H2,1-2H3;3H2,1-2H3;2H,1,3H2. The zero-order valence-electron chi connectivity index (χ0n) is 11.8. The highest BCUT2D eigenvalue weighted by Crippen LogP contribution is 2.15. The highest BCUT2D eigenvalue weighted by Gasteiger charge is 1.92. The van der Waals surface area contributed by atoms with Crippen molar-refractivity contribution in [1.29, 1.82) is 0 Å². The first-order chi connectivity index (χ1) is 8.69. The van der Waals surface area contributed by atoms with Crippen LogP contribution in [0.4, 0.5) is 0 Å². The van der Waals surface area contributed by atoms with Gasteiger partial charge in [0.25, 0.3) is 0 Å². The molecule has 0 saturated heterocycles. The second-order valence-electron chi connectivity index (χ2n) is 3.39. The Morgan fingerprint density at radius 3 is 2.33 bits per heavy atom. The Bertz CT molecular complexity index is 293. The van der Waals surface area contributed by atoms with Crippen molar-refractivity contribution < 1.29 is 9.53 Å². The summed E-state index contributed by atoms with van der Waals surface area (Å²) in [5.74, 6) is 0. The molecule has 3 nitrogen and oxygen atoms in total. The lowest BCUT2D eigenvalue weighted by atomic mass is 10.2. The molecule has 18 heavy (non-hydrogen) atoms. The van der Waals surface area contributed by atoms with E-state index in [1.54, 1.807) is 18.9 Å². The first-order valence-corrected chi connectivity index (χ1v) is 7.18. The Hall–Kier alpha value is -0.840. The number of thioether (sulfide) groups is 1. The van der Waals surface area contributed by atoms with Crippen molar-refractivity contribution >= 4 is 18.0 Å². The molecule has 0 saturated carbocycles. The maximum absolute atomic E-state index is 9.05. The third kappa shape index (κ3) is 13.2. The van der Waals surface area contributed by atoms with Crippen molar-refractivity contribution in [3.63, 3.8) is 0 Å². The number of hydrogen-bond acceptors (Lipinski definition) is 4. The number of benzene rings is 1. The van der Waals surface area contributed by atoms with Crippen LogP contribution >= 0.6 is 11.8 Å². The monoisotopic (exact) mass is 271 g/mol. The predicted molar refractivity (Wildman–Crippen MR) is 80.0 cm³/mol. The zero-order valence-corrected chi connectivity index (χ0v) is 12.6. The third-order valence-corrected chi connectivity index (χ3v) is 2.27. The summed E-state index contributed by atoms with van der Waals surface area (Å²) in [6.45, 7) is 5.09. The van der Waals surface area contributed by atoms with Gasteiger partial charge >= 0.3 is 0 Å². The van der Waals surface area contributed by atoms with Gasteiger partial charge in [-0.05, 0) is 24.0 Å². The lowest BCUT2D eigenvalue weighted by molar-refractivity contribution is -0.106. The highest BCUT2D eigenvalue weighted by atomic mass is 32.2. The molecule has 4 heteroatoms. The van der Waals surface area contributed by atoms with Gasteiger partial charge in [0.2, 0.25) is 0 Å². The minimum Gasteiger partial charge on any atom is -0.380 e. The van der Waals surface area contributed by atoms with Crippen molar-refractivity contribution in [3.05, 3.63) is 29.8 Å². The molecule has 0 fully saturated rings. The summed E-state index contributed by atoms with van der Waals surface area (Å²) in [6.07, 6.45) is 3.98. The Balaban J connectivity index is 0. The molecule has 0 aliphatic heterocycles. The molecule has 0 aliphatic rings. The van der Waals surface area contributed by atoms with Gasteiger partial charge in [0.1, 0.15) is 6.29 Å². The van der Waals surface area contributed by atoms with E-state index >= 15 is 0 Å². The highest BCUT2D eigenvalue weighted by molar-refractivity contribution is 7.98. The van der Waals surface area contributed by atoms with Gasteiger partial charge in [0.05, 0.1) is 6.61 Å². The fourth-order valence-corrected chi connectivity index (χ4v) is 1.41. The molecule has 2 N–H and O–H groups in total. The number of carbonyl (C=O) groups excluding carboxylic acids is 1. The van der Waals surface area contributed by atoms with Crippen LogP contribution in [-0.2, 0) is 16.1 Å². The second-order valence-corrected chi connectivity index (χ2v) is 4.27. The topological polar surface area (TPSA) is 52.3 Å². The van der Waals surface area contributed by atoms with Crippen LogP contribution in [0.15, 0.2) is 29.2 Å². The number of ether oxygens (including phenoxy) is 1. The van der Waals surface area contributed by atoms with Crippen LogP contribution in [0.3, 0.4) is 0 Å². The smallest absolute Gasteiger partial charge is 0.133 e. The molecule has 0 bridgehead atoms. The largest absolute Gasteiger partial charge is 0.380 e. The average molecular weight is 271 g/mol. The van der Waals surface area contributed by atoms with Crippen LogP contribution in [-0.4, -0.2) is 26.2 Å². The normalized spacial score (nSPS) is 8.50. The van der Waals surface area contributed by atoms with Gasteiger partial charge in [-0.2, -0.15) is 0 Å². The molecule has 0 aromatic heterocycles. The van der Waals surface area contributed by atoms with E-state index in [1.807, 2.05) is 0 Å². The van der Waals surface area contributed by atoms with Gasteiger partial charge in [0.15, 0.2) is 0 Å². The lowest BCUT2D eigenvalue weighted by Gasteiger charge is -2.00. The van der Waals surface area contributed by atoms with E-state index in [-0.39, 0.29) is 6.54 Å². The second kappa shape index (κ2) is 16.2. The molecule has 0 unspecified atom stereocenters. The van der Waals surface area contributed by atoms with E-state index in [9.17, 15) is 0 Å². The summed E-state index contributed by atoms with van der Waals surface area (Å²) in [5, 5.41) is 0. The summed E-state index contributed by atoms with van der Waals surface area (Å²) in [5.41, 5.74) is 5.90. The minimum absolute atomic E-state index is 0.139. The Kier molecular flexibility index (Phi) is 17.5. The van der Waals surface area contributed by atoms with E-state index in [1.165, 1.54) is 16.9 Å². The number of aldehydes is 1. The van der Waals surface area contributed by atoms with E-state index in [0.29, 0.717) is 12.9 Å². The maximum atomic E-state index is 9.05. The zero-order chi connectivity index (χ0) is 14.2. The fraction of sp³-hybridized carbons (Fsp3) is 0.500. The van der Waals surface area contributed by atoms with Crippen LogP contribution in [0, 0.1) is 0 Å². The molecule has 104 valence electrons. The SMILES string of the molecule is CCC.COCc1cccc(SC)c1.NCC=O. The van der Waals surface area contributed by atoms with Crippen LogP contribution in [0.2, 0.25) is 0 Å². The molecular weight excluding hydrogens is 246 g/mol. The molecule has 1 rings (SSSR count). The predicted octanol–water partition coefficient (Wildman–Crippen LogP) is 3.12. The van der Waals surface area contributed by atoms with E-state index in [0.717, 1.165) is 0 Å². The van der Waals surface area contributed by atoms with Crippen LogP contribution in [0.1, 0.15) is 25.8 Å². The lowest BCUT2D eigenvalue weighted by Crippen LogP contribution is -1.97. The maximum Gasteiger partial charge on any atom is 0.133 e. The summed E-state index contributed by atoms with van der Waals surface area (Å²) in [6, 6.07) is 8.38. The van der Waals surface area contributed by atoms with Gasteiger partial charge in [-0.25, -0.2) is 0 Å². The summed E-state index contributed by atoms with van der Waals surface area (Å²) in [7, 11) is 1.71. The van der Waals surface area contributed by atoms with E-state index in [2.05, 4.69) is 50.1 Å². The third-order valence-electron chi connectivity index (χ3n) is 1.54. The molecule has 0 heterocycles. The van der Waals surface area contributed by atoms with Crippen molar-refractivity contribution in [3.8, 4) is 0 Å².